The average molecular weight is 201 g/mol. The van der Waals surface area contributed by atoms with E-state index in [1.807, 2.05) is 18.9 Å². The van der Waals surface area contributed by atoms with Crippen molar-refractivity contribution in [3.8, 4) is 0 Å². The summed E-state index contributed by atoms with van der Waals surface area (Å²) >= 11 is 0. The molecule has 0 aromatic carbocycles. The van der Waals surface area contributed by atoms with Crippen LogP contribution < -0.4 is 11.1 Å². The topological polar surface area (TPSA) is 58.4 Å². The molecule has 1 unspecified atom stereocenters. The van der Waals surface area contributed by atoms with Gasteiger partial charge in [0.05, 0.1) is 6.54 Å². The highest BCUT2D eigenvalue weighted by molar-refractivity contribution is 5.77. The van der Waals surface area contributed by atoms with Gasteiger partial charge in [-0.25, -0.2) is 0 Å². The summed E-state index contributed by atoms with van der Waals surface area (Å²) in [5, 5.41) is 2.86. The second-order valence-corrected chi connectivity index (χ2v) is 4.37. The van der Waals surface area contributed by atoms with Gasteiger partial charge in [0.2, 0.25) is 5.91 Å². The summed E-state index contributed by atoms with van der Waals surface area (Å²) in [6.07, 6.45) is 0. The molecule has 0 bridgehead atoms. The Kier molecular flexibility index (Phi) is 6.49. The second kappa shape index (κ2) is 6.79. The smallest absolute Gasteiger partial charge is 0.234 e. The highest BCUT2D eigenvalue weighted by atomic mass is 16.2. The zero-order chi connectivity index (χ0) is 11.1. The molecule has 14 heavy (non-hydrogen) atoms. The fourth-order valence-electron chi connectivity index (χ4n) is 1.18. The van der Waals surface area contributed by atoms with E-state index in [2.05, 4.69) is 19.2 Å². The van der Waals surface area contributed by atoms with Crippen LogP contribution in [0.4, 0.5) is 0 Å². The van der Waals surface area contributed by atoms with E-state index in [1.54, 1.807) is 0 Å². The van der Waals surface area contributed by atoms with Crippen molar-refractivity contribution < 1.29 is 4.79 Å². The minimum absolute atomic E-state index is 0.0712. The fourth-order valence-corrected chi connectivity index (χ4v) is 1.18. The predicted octanol–water partition coefficient (Wildman–Crippen LogP) is 0.0376. The maximum atomic E-state index is 11.3. The summed E-state index contributed by atoms with van der Waals surface area (Å²) in [5.41, 5.74) is 5.62. The molecule has 0 heterocycles. The summed E-state index contributed by atoms with van der Waals surface area (Å²) in [6.45, 7) is 7.99. The third-order valence-corrected chi connectivity index (χ3v) is 1.72. The SMILES string of the molecule is CC(C)CNC(=O)CN(C)CC(C)N. The monoisotopic (exact) mass is 201 g/mol. The van der Waals surface area contributed by atoms with Gasteiger partial charge in [-0.1, -0.05) is 13.8 Å². The van der Waals surface area contributed by atoms with Crippen LogP contribution in [0, 0.1) is 5.92 Å². The Morgan fingerprint density at radius 1 is 1.43 bits per heavy atom. The first-order valence-corrected chi connectivity index (χ1v) is 5.12. The van der Waals surface area contributed by atoms with Crippen molar-refractivity contribution in [2.24, 2.45) is 11.7 Å². The minimum Gasteiger partial charge on any atom is -0.355 e. The zero-order valence-corrected chi connectivity index (χ0v) is 9.71. The third-order valence-electron chi connectivity index (χ3n) is 1.72. The fraction of sp³-hybridized carbons (Fsp3) is 0.900. The van der Waals surface area contributed by atoms with Crippen molar-refractivity contribution in [3.63, 3.8) is 0 Å². The highest BCUT2D eigenvalue weighted by Gasteiger charge is 2.07. The minimum atomic E-state index is 0.0712. The summed E-state index contributed by atoms with van der Waals surface area (Å²) < 4.78 is 0. The molecule has 0 aliphatic heterocycles. The summed E-state index contributed by atoms with van der Waals surface area (Å²) in [4.78, 5) is 13.3. The van der Waals surface area contributed by atoms with Gasteiger partial charge in [0, 0.05) is 19.1 Å². The van der Waals surface area contributed by atoms with Crippen LogP contribution in [0.3, 0.4) is 0 Å². The Bertz CT molecular complexity index is 169. The van der Waals surface area contributed by atoms with E-state index >= 15 is 0 Å². The summed E-state index contributed by atoms with van der Waals surface area (Å²) in [7, 11) is 1.90. The Labute approximate surface area is 86.8 Å². The van der Waals surface area contributed by atoms with E-state index in [0.717, 1.165) is 13.1 Å². The van der Waals surface area contributed by atoms with Crippen LogP contribution >= 0.6 is 0 Å². The molecule has 4 nitrogen and oxygen atoms in total. The lowest BCUT2D eigenvalue weighted by atomic mass is 10.2. The third kappa shape index (κ3) is 8.01. The molecule has 1 atom stereocenters. The number of carbonyl (C=O) groups is 1. The Balaban J connectivity index is 3.60. The molecule has 0 rings (SSSR count). The Hall–Kier alpha value is -0.610. The van der Waals surface area contributed by atoms with Gasteiger partial charge in [-0.15, -0.1) is 0 Å². The molecule has 0 radical (unpaired) electrons. The van der Waals surface area contributed by atoms with Crippen molar-refractivity contribution >= 4 is 5.91 Å². The van der Waals surface area contributed by atoms with Gasteiger partial charge >= 0.3 is 0 Å². The molecule has 0 saturated carbocycles. The molecule has 0 saturated heterocycles. The normalized spacial score (nSPS) is 13.4. The summed E-state index contributed by atoms with van der Waals surface area (Å²) in [6, 6.07) is 0.109. The molecule has 0 aliphatic rings. The van der Waals surface area contributed by atoms with Gasteiger partial charge in [-0.05, 0) is 19.9 Å². The number of nitrogens with zero attached hydrogens (tertiary/aromatic N) is 1. The predicted molar refractivity (Wildman–Crippen MR) is 59.0 cm³/mol. The van der Waals surface area contributed by atoms with E-state index in [9.17, 15) is 4.79 Å². The lowest BCUT2D eigenvalue weighted by Crippen LogP contribution is -2.41. The van der Waals surface area contributed by atoms with Crippen LogP contribution in [-0.2, 0) is 4.79 Å². The highest BCUT2D eigenvalue weighted by Crippen LogP contribution is 1.89. The largest absolute Gasteiger partial charge is 0.355 e. The van der Waals surface area contributed by atoms with Crippen LogP contribution in [0.2, 0.25) is 0 Å². The number of hydrogen-bond acceptors (Lipinski definition) is 3. The van der Waals surface area contributed by atoms with Crippen LogP contribution in [0.15, 0.2) is 0 Å². The van der Waals surface area contributed by atoms with E-state index in [1.165, 1.54) is 0 Å². The van der Waals surface area contributed by atoms with Crippen molar-refractivity contribution in [1.82, 2.24) is 10.2 Å². The van der Waals surface area contributed by atoms with Crippen LogP contribution in [-0.4, -0.2) is 43.5 Å². The van der Waals surface area contributed by atoms with Crippen molar-refractivity contribution in [2.75, 3.05) is 26.7 Å². The Morgan fingerprint density at radius 2 is 2.00 bits per heavy atom. The maximum absolute atomic E-state index is 11.3. The molecule has 0 spiro atoms. The van der Waals surface area contributed by atoms with Gasteiger partial charge in [0.25, 0.3) is 0 Å². The van der Waals surface area contributed by atoms with Crippen molar-refractivity contribution in [1.29, 1.82) is 0 Å². The maximum Gasteiger partial charge on any atom is 0.234 e. The van der Waals surface area contributed by atoms with Gasteiger partial charge < -0.3 is 11.1 Å². The molecule has 4 heteroatoms. The lowest BCUT2D eigenvalue weighted by Gasteiger charge is -2.18. The number of hydrogen-bond donors (Lipinski definition) is 2. The quantitative estimate of drug-likeness (QED) is 0.638. The van der Waals surface area contributed by atoms with E-state index < -0.39 is 0 Å². The molecule has 84 valence electrons. The van der Waals surface area contributed by atoms with E-state index in [0.29, 0.717) is 12.5 Å². The van der Waals surface area contributed by atoms with Gasteiger partial charge in [0.1, 0.15) is 0 Å². The number of nitrogens with one attached hydrogen (secondary N) is 1. The molecule has 0 fully saturated rings. The van der Waals surface area contributed by atoms with Crippen LogP contribution in [0.25, 0.3) is 0 Å². The van der Waals surface area contributed by atoms with E-state index in [4.69, 9.17) is 5.73 Å². The molecule has 1 amide bonds. The van der Waals surface area contributed by atoms with Gasteiger partial charge in [-0.2, -0.15) is 0 Å². The van der Waals surface area contributed by atoms with Crippen molar-refractivity contribution in [2.45, 2.75) is 26.8 Å². The summed E-state index contributed by atoms with van der Waals surface area (Å²) in [5.74, 6) is 0.569. The molecule has 3 N–H and O–H groups in total. The first kappa shape index (κ1) is 13.4. The van der Waals surface area contributed by atoms with E-state index in [-0.39, 0.29) is 11.9 Å². The first-order valence-electron chi connectivity index (χ1n) is 5.12. The molecule has 0 aliphatic carbocycles. The van der Waals surface area contributed by atoms with Crippen LogP contribution in [0.5, 0.6) is 0 Å². The van der Waals surface area contributed by atoms with Gasteiger partial charge in [0.15, 0.2) is 0 Å². The standard InChI is InChI=1S/C10H23N3O/c1-8(2)5-12-10(14)7-13(4)6-9(3)11/h8-9H,5-7,11H2,1-4H3,(H,12,14). The number of nitrogens with two attached hydrogens (primary N) is 1. The molecular weight excluding hydrogens is 178 g/mol. The molecular formula is C10H23N3O. The van der Waals surface area contributed by atoms with Gasteiger partial charge in [-0.3, -0.25) is 9.69 Å². The second-order valence-electron chi connectivity index (χ2n) is 4.37. The zero-order valence-electron chi connectivity index (χ0n) is 9.71. The number of carbonyl (C=O) groups excluding carboxylic acids is 1. The lowest BCUT2D eigenvalue weighted by molar-refractivity contribution is -0.122. The first-order chi connectivity index (χ1) is 6.41. The molecule has 0 aromatic heterocycles. The number of amides is 1. The van der Waals surface area contributed by atoms with Crippen molar-refractivity contribution in [3.05, 3.63) is 0 Å². The number of likely N-dealkylation sites (N-methyl/N-ethyl adjacent to an activating group) is 1. The number of rotatable bonds is 6. The van der Waals surface area contributed by atoms with Crippen LogP contribution in [0.1, 0.15) is 20.8 Å². The Morgan fingerprint density at radius 3 is 2.43 bits per heavy atom. The molecule has 0 aromatic rings. The average Bonchev–Trinajstić information content (AvgIpc) is 1.98.